The number of H-pyrrole nitrogens is 1. The Kier molecular flexibility index (Phi) is 5.87. The number of aromatic amines is 1. The molecule has 0 radical (unpaired) electrons. The summed E-state index contributed by atoms with van der Waals surface area (Å²) in [5.74, 6) is -1.92. The number of hydrogen-bond donors (Lipinski definition) is 2. The molecule has 1 rings (SSSR count). The lowest BCUT2D eigenvalue weighted by Crippen LogP contribution is -2.44. The molecule has 120 valence electrons. The van der Waals surface area contributed by atoms with Crippen LogP contribution in [0.4, 0.5) is 0 Å². The standard InChI is InChI=1S/C10H17N3O6S2/c1-19-10(14)9(5-8-6-11-7-12-8)13-21(17,18)4-3-20(2,15)16/h6-7,9,13H,3-5H2,1-2H3,(H,11,12)/t9-/m0/s1. The van der Waals surface area contributed by atoms with E-state index in [1.807, 2.05) is 0 Å². The lowest BCUT2D eigenvalue weighted by atomic mass is 10.2. The molecule has 0 aliphatic carbocycles. The molecule has 0 aliphatic rings. The maximum absolute atomic E-state index is 11.8. The maximum Gasteiger partial charge on any atom is 0.324 e. The third-order valence-corrected chi connectivity index (χ3v) is 5.10. The van der Waals surface area contributed by atoms with Gasteiger partial charge < -0.3 is 9.72 Å². The van der Waals surface area contributed by atoms with Gasteiger partial charge in [0.05, 0.1) is 24.9 Å². The van der Waals surface area contributed by atoms with Crippen molar-refractivity contribution in [3.05, 3.63) is 18.2 Å². The minimum absolute atomic E-state index is 0.0186. The van der Waals surface area contributed by atoms with Gasteiger partial charge in [-0.05, 0) is 0 Å². The van der Waals surface area contributed by atoms with E-state index in [1.54, 1.807) is 0 Å². The number of hydrogen-bond acceptors (Lipinski definition) is 7. The van der Waals surface area contributed by atoms with E-state index < -0.39 is 43.4 Å². The van der Waals surface area contributed by atoms with Gasteiger partial charge >= 0.3 is 5.97 Å². The molecule has 2 N–H and O–H groups in total. The van der Waals surface area contributed by atoms with Crippen molar-refractivity contribution in [3.8, 4) is 0 Å². The van der Waals surface area contributed by atoms with E-state index in [9.17, 15) is 21.6 Å². The van der Waals surface area contributed by atoms with Crippen LogP contribution in [-0.4, -0.2) is 63.7 Å². The highest BCUT2D eigenvalue weighted by Crippen LogP contribution is 2.03. The van der Waals surface area contributed by atoms with Gasteiger partial charge in [-0.1, -0.05) is 0 Å². The number of methoxy groups -OCH3 is 1. The van der Waals surface area contributed by atoms with Crippen LogP contribution in [-0.2, 0) is 35.8 Å². The summed E-state index contributed by atoms with van der Waals surface area (Å²) in [6.07, 6.45) is 3.79. The van der Waals surface area contributed by atoms with Crippen LogP contribution < -0.4 is 4.72 Å². The first-order valence-corrected chi connectivity index (χ1v) is 9.57. The summed E-state index contributed by atoms with van der Waals surface area (Å²) < 4.78 is 52.4. The van der Waals surface area contributed by atoms with Gasteiger partial charge in [0.15, 0.2) is 0 Å². The van der Waals surface area contributed by atoms with Crippen molar-refractivity contribution in [2.24, 2.45) is 0 Å². The lowest BCUT2D eigenvalue weighted by molar-refractivity contribution is -0.142. The van der Waals surface area contributed by atoms with Crippen LogP contribution in [0.1, 0.15) is 5.69 Å². The second kappa shape index (κ2) is 7.00. The number of carbonyl (C=O) groups is 1. The smallest absolute Gasteiger partial charge is 0.324 e. The van der Waals surface area contributed by atoms with Crippen molar-refractivity contribution in [2.45, 2.75) is 12.5 Å². The number of aromatic nitrogens is 2. The number of nitrogens with zero attached hydrogens (tertiary/aromatic N) is 1. The summed E-state index contributed by atoms with van der Waals surface area (Å²) in [6, 6.07) is -1.15. The summed E-state index contributed by atoms with van der Waals surface area (Å²) in [5, 5.41) is 0. The Hall–Kier alpha value is -1.46. The van der Waals surface area contributed by atoms with Gasteiger partial charge in [-0.3, -0.25) is 4.79 Å². The number of nitrogens with one attached hydrogen (secondary N) is 2. The van der Waals surface area contributed by atoms with Gasteiger partial charge in [-0.15, -0.1) is 0 Å². The number of sulfone groups is 1. The van der Waals surface area contributed by atoms with Crippen LogP contribution in [0.2, 0.25) is 0 Å². The summed E-state index contributed by atoms with van der Waals surface area (Å²) in [4.78, 5) is 18.1. The van der Waals surface area contributed by atoms with E-state index in [0.29, 0.717) is 5.69 Å². The predicted octanol–water partition coefficient (Wildman–Crippen LogP) is -1.54. The van der Waals surface area contributed by atoms with Crippen molar-refractivity contribution in [1.29, 1.82) is 0 Å². The maximum atomic E-state index is 11.8. The van der Waals surface area contributed by atoms with Crippen LogP contribution in [0.5, 0.6) is 0 Å². The Labute approximate surface area is 123 Å². The van der Waals surface area contributed by atoms with Crippen molar-refractivity contribution in [3.63, 3.8) is 0 Å². The molecule has 1 aromatic rings. The summed E-state index contributed by atoms with van der Waals surface area (Å²) in [5.41, 5.74) is 0.538. The van der Waals surface area contributed by atoms with Gasteiger partial charge in [0.25, 0.3) is 0 Å². The highest BCUT2D eigenvalue weighted by atomic mass is 32.2. The van der Waals surface area contributed by atoms with Gasteiger partial charge in [0.1, 0.15) is 15.9 Å². The molecule has 1 atom stereocenters. The van der Waals surface area contributed by atoms with Crippen molar-refractivity contribution < 1.29 is 26.4 Å². The lowest BCUT2D eigenvalue weighted by Gasteiger charge is -2.15. The van der Waals surface area contributed by atoms with Gasteiger partial charge in [0, 0.05) is 24.6 Å². The van der Waals surface area contributed by atoms with E-state index in [1.165, 1.54) is 12.5 Å². The van der Waals surface area contributed by atoms with Crippen LogP contribution in [0.3, 0.4) is 0 Å². The first kappa shape index (κ1) is 17.6. The molecule has 0 aromatic carbocycles. The molecule has 0 amide bonds. The average Bonchev–Trinajstić information content (AvgIpc) is 2.87. The first-order chi connectivity index (χ1) is 9.63. The fourth-order valence-corrected chi connectivity index (χ4v) is 4.29. The molecular weight excluding hydrogens is 322 g/mol. The number of rotatable bonds is 8. The third kappa shape index (κ3) is 6.69. The second-order valence-electron chi connectivity index (χ2n) is 4.42. The molecule has 0 bridgehead atoms. The van der Waals surface area contributed by atoms with Crippen LogP contribution in [0.25, 0.3) is 0 Å². The Bertz CT molecular complexity index is 666. The minimum Gasteiger partial charge on any atom is -0.468 e. The zero-order valence-electron chi connectivity index (χ0n) is 11.6. The van der Waals surface area contributed by atoms with Crippen molar-refractivity contribution in [1.82, 2.24) is 14.7 Å². The van der Waals surface area contributed by atoms with Crippen LogP contribution >= 0.6 is 0 Å². The quantitative estimate of drug-likeness (QED) is 0.548. The highest BCUT2D eigenvalue weighted by Gasteiger charge is 2.26. The van der Waals surface area contributed by atoms with Gasteiger partial charge in [-0.25, -0.2) is 26.5 Å². The van der Waals surface area contributed by atoms with Crippen LogP contribution in [0, 0.1) is 0 Å². The average molecular weight is 339 g/mol. The topological polar surface area (TPSA) is 135 Å². The molecule has 0 saturated heterocycles. The molecule has 0 spiro atoms. The summed E-state index contributed by atoms with van der Waals surface area (Å²) in [7, 11) is -6.22. The minimum atomic E-state index is -3.94. The zero-order valence-corrected chi connectivity index (χ0v) is 13.2. The number of carbonyl (C=O) groups excluding carboxylic acids is 1. The molecule has 1 heterocycles. The molecular formula is C10H17N3O6S2. The molecule has 9 nitrogen and oxygen atoms in total. The number of sulfonamides is 1. The van der Waals surface area contributed by atoms with E-state index in [-0.39, 0.29) is 6.42 Å². The van der Waals surface area contributed by atoms with E-state index in [2.05, 4.69) is 19.4 Å². The largest absolute Gasteiger partial charge is 0.468 e. The summed E-state index contributed by atoms with van der Waals surface area (Å²) >= 11 is 0. The number of ether oxygens (including phenoxy) is 1. The fraction of sp³-hybridized carbons (Fsp3) is 0.600. The Balaban J connectivity index is 2.78. The second-order valence-corrected chi connectivity index (χ2v) is 8.56. The molecule has 21 heavy (non-hydrogen) atoms. The Morgan fingerprint density at radius 1 is 1.38 bits per heavy atom. The van der Waals surface area contributed by atoms with E-state index >= 15 is 0 Å². The third-order valence-electron chi connectivity index (χ3n) is 2.51. The SMILES string of the molecule is COC(=O)[C@H](Cc1cnc[nH]1)NS(=O)(=O)CCS(C)(=O)=O. The summed E-state index contributed by atoms with van der Waals surface area (Å²) in [6.45, 7) is 0. The Morgan fingerprint density at radius 3 is 2.52 bits per heavy atom. The normalized spacial score (nSPS) is 13.8. The molecule has 0 fully saturated rings. The number of esters is 1. The van der Waals surface area contributed by atoms with Gasteiger partial charge in [-0.2, -0.15) is 0 Å². The fourth-order valence-electron chi connectivity index (χ4n) is 1.47. The zero-order chi connectivity index (χ0) is 16.1. The molecule has 11 heteroatoms. The van der Waals surface area contributed by atoms with E-state index in [0.717, 1.165) is 13.4 Å². The van der Waals surface area contributed by atoms with E-state index in [4.69, 9.17) is 0 Å². The molecule has 1 aromatic heterocycles. The first-order valence-electron chi connectivity index (χ1n) is 5.86. The van der Waals surface area contributed by atoms with Crippen molar-refractivity contribution >= 4 is 25.8 Å². The predicted molar refractivity (Wildman–Crippen MR) is 74.7 cm³/mol. The Morgan fingerprint density at radius 2 is 2.05 bits per heavy atom. The van der Waals surface area contributed by atoms with Gasteiger partial charge in [0.2, 0.25) is 10.0 Å². The molecule has 0 saturated carbocycles. The van der Waals surface area contributed by atoms with Crippen LogP contribution in [0.15, 0.2) is 12.5 Å². The molecule has 0 aliphatic heterocycles. The highest BCUT2D eigenvalue weighted by molar-refractivity contribution is 7.93. The van der Waals surface area contributed by atoms with Crippen molar-refractivity contribution in [2.75, 3.05) is 24.9 Å². The number of imidazole rings is 1. The molecule has 0 unspecified atom stereocenters. The monoisotopic (exact) mass is 339 g/mol.